The van der Waals surface area contributed by atoms with Gasteiger partial charge in [-0.25, -0.2) is 4.79 Å². The monoisotopic (exact) mass is 363 g/mol. The third-order valence-electron chi connectivity index (χ3n) is 6.98. The van der Waals surface area contributed by atoms with E-state index in [1.807, 2.05) is 17.0 Å². The first-order valence-corrected chi connectivity index (χ1v) is 9.94. The molecule has 0 spiro atoms. The van der Waals surface area contributed by atoms with Crippen molar-refractivity contribution >= 4 is 6.09 Å². The summed E-state index contributed by atoms with van der Waals surface area (Å²) in [4.78, 5) is 14.8. The van der Waals surface area contributed by atoms with Crippen molar-refractivity contribution in [1.29, 1.82) is 0 Å². The lowest BCUT2D eigenvalue weighted by Gasteiger charge is -2.36. The van der Waals surface area contributed by atoms with Crippen LogP contribution in [0.5, 0.6) is 0 Å². The van der Waals surface area contributed by atoms with E-state index in [2.05, 4.69) is 36.4 Å². The van der Waals surface area contributed by atoms with E-state index in [9.17, 15) is 9.90 Å². The molecule has 2 bridgehead atoms. The maximum absolute atomic E-state index is 13.0. The van der Waals surface area contributed by atoms with E-state index in [0.717, 1.165) is 25.7 Å². The smallest absolute Gasteiger partial charge is 0.410 e. The molecule has 1 N–H and O–H groups in total. The number of rotatable bonds is 3. The second kappa shape index (κ2) is 6.10. The van der Waals surface area contributed by atoms with Crippen LogP contribution in [0.15, 0.2) is 48.5 Å². The quantitative estimate of drug-likeness (QED) is 0.884. The zero-order valence-corrected chi connectivity index (χ0v) is 15.6. The summed E-state index contributed by atoms with van der Waals surface area (Å²) in [5.74, 6) is 0.0732. The van der Waals surface area contributed by atoms with Gasteiger partial charge in [-0.1, -0.05) is 48.5 Å². The Morgan fingerprint density at radius 3 is 2.22 bits per heavy atom. The Balaban J connectivity index is 1.39. The third kappa shape index (κ3) is 2.36. The average Bonchev–Trinajstić information content (AvgIpc) is 3.35. The van der Waals surface area contributed by atoms with Crippen LogP contribution in [0, 0.1) is 0 Å². The van der Waals surface area contributed by atoms with Crippen LogP contribution in [0.1, 0.15) is 49.7 Å². The number of carbonyl (C=O) groups is 1. The molecule has 1 atom stereocenters. The van der Waals surface area contributed by atoms with Crippen LogP contribution < -0.4 is 0 Å². The van der Waals surface area contributed by atoms with Crippen molar-refractivity contribution in [3.63, 3.8) is 0 Å². The van der Waals surface area contributed by atoms with Gasteiger partial charge in [-0.15, -0.1) is 0 Å². The van der Waals surface area contributed by atoms with Crippen LogP contribution in [0.4, 0.5) is 4.79 Å². The Kier molecular flexibility index (Phi) is 3.80. The molecule has 2 aliphatic heterocycles. The van der Waals surface area contributed by atoms with Crippen molar-refractivity contribution in [2.45, 2.75) is 56.2 Å². The SMILES string of the molecule is CC(O)C12CCC(CC1)N2C(=O)OCC1c2ccccc2-c2ccccc21. The molecule has 2 fully saturated rings. The first-order chi connectivity index (χ1) is 13.1. The summed E-state index contributed by atoms with van der Waals surface area (Å²) >= 11 is 0. The van der Waals surface area contributed by atoms with E-state index in [1.165, 1.54) is 22.3 Å². The van der Waals surface area contributed by atoms with E-state index in [4.69, 9.17) is 4.74 Å². The molecule has 2 aromatic carbocycles. The lowest BCUT2D eigenvalue weighted by atomic mass is 9.84. The van der Waals surface area contributed by atoms with Crippen molar-refractivity contribution < 1.29 is 14.6 Å². The Bertz CT molecular complexity index is 837. The third-order valence-corrected chi connectivity index (χ3v) is 6.98. The highest BCUT2D eigenvalue weighted by Crippen LogP contribution is 2.49. The first kappa shape index (κ1) is 16.8. The van der Waals surface area contributed by atoms with Gasteiger partial charge in [0.2, 0.25) is 0 Å². The van der Waals surface area contributed by atoms with Crippen molar-refractivity contribution in [2.75, 3.05) is 6.61 Å². The van der Waals surface area contributed by atoms with Gasteiger partial charge < -0.3 is 9.84 Å². The lowest BCUT2D eigenvalue weighted by molar-refractivity contribution is 0.00805. The summed E-state index contributed by atoms with van der Waals surface area (Å²) in [5, 5.41) is 10.3. The minimum atomic E-state index is -0.523. The molecule has 0 radical (unpaired) electrons. The van der Waals surface area contributed by atoms with Gasteiger partial charge in [0.1, 0.15) is 6.61 Å². The van der Waals surface area contributed by atoms with Crippen LogP contribution in [0.25, 0.3) is 11.1 Å². The minimum Gasteiger partial charge on any atom is -0.448 e. The van der Waals surface area contributed by atoms with Crippen LogP contribution in [-0.2, 0) is 4.74 Å². The van der Waals surface area contributed by atoms with Gasteiger partial charge in [0, 0.05) is 12.0 Å². The summed E-state index contributed by atoms with van der Waals surface area (Å²) in [5.41, 5.74) is 4.49. The molecule has 2 saturated heterocycles. The zero-order chi connectivity index (χ0) is 18.6. The van der Waals surface area contributed by atoms with Crippen LogP contribution in [0.3, 0.4) is 0 Å². The second-order valence-electron chi connectivity index (χ2n) is 8.18. The van der Waals surface area contributed by atoms with Gasteiger partial charge in [-0.3, -0.25) is 4.90 Å². The first-order valence-electron chi connectivity index (χ1n) is 9.94. The predicted octanol–water partition coefficient (Wildman–Crippen LogP) is 4.31. The molecule has 2 aromatic rings. The maximum atomic E-state index is 13.0. The zero-order valence-electron chi connectivity index (χ0n) is 15.6. The summed E-state index contributed by atoms with van der Waals surface area (Å²) in [7, 11) is 0. The Morgan fingerprint density at radius 2 is 1.67 bits per heavy atom. The number of carbonyl (C=O) groups excluding carboxylic acids is 1. The molecule has 2 heterocycles. The lowest BCUT2D eigenvalue weighted by Crippen LogP contribution is -2.52. The van der Waals surface area contributed by atoms with E-state index in [1.54, 1.807) is 6.92 Å². The molecule has 140 valence electrons. The molecule has 1 amide bonds. The number of fused-ring (bicyclic) bond motifs is 5. The van der Waals surface area contributed by atoms with Crippen molar-refractivity contribution in [3.8, 4) is 11.1 Å². The van der Waals surface area contributed by atoms with E-state index in [0.29, 0.717) is 6.61 Å². The number of benzene rings is 2. The fourth-order valence-electron chi connectivity index (χ4n) is 5.58. The van der Waals surface area contributed by atoms with Gasteiger partial charge in [0.25, 0.3) is 0 Å². The summed E-state index contributed by atoms with van der Waals surface area (Å²) < 4.78 is 5.86. The average molecular weight is 363 g/mol. The molecule has 4 heteroatoms. The Labute approximate surface area is 159 Å². The molecular weight excluding hydrogens is 338 g/mol. The molecular formula is C23H25NO3. The molecule has 27 heavy (non-hydrogen) atoms. The topological polar surface area (TPSA) is 49.8 Å². The van der Waals surface area contributed by atoms with Gasteiger partial charge in [-0.05, 0) is 54.9 Å². The molecule has 1 unspecified atom stereocenters. The van der Waals surface area contributed by atoms with Crippen LogP contribution in [-0.4, -0.2) is 40.4 Å². The highest BCUT2D eigenvalue weighted by atomic mass is 16.6. The van der Waals surface area contributed by atoms with Crippen molar-refractivity contribution in [2.24, 2.45) is 0 Å². The van der Waals surface area contributed by atoms with Crippen LogP contribution in [0.2, 0.25) is 0 Å². The molecule has 0 aromatic heterocycles. The largest absolute Gasteiger partial charge is 0.448 e. The van der Waals surface area contributed by atoms with Crippen LogP contribution >= 0.6 is 0 Å². The summed E-state index contributed by atoms with van der Waals surface area (Å²) in [6.45, 7) is 2.14. The Hall–Kier alpha value is -2.33. The molecule has 5 rings (SSSR count). The maximum Gasteiger partial charge on any atom is 0.410 e. The molecule has 0 saturated carbocycles. The molecule has 4 nitrogen and oxygen atoms in total. The summed E-state index contributed by atoms with van der Waals surface area (Å²) in [6.07, 6.45) is 2.90. The van der Waals surface area contributed by atoms with Gasteiger partial charge >= 0.3 is 6.09 Å². The number of hydrogen-bond donors (Lipinski definition) is 1. The summed E-state index contributed by atoms with van der Waals surface area (Å²) in [6, 6.07) is 16.9. The number of aliphatic hydroxyl groups excluding tert-OH is 1. The predicted molar refractivity (Wildman–Crippen MR) is 104 cm³/mol. The van der Waals surface area contributed by atoms with Gasteiger partial charge in [0.15, 0.2) is 0 Å². The normalized spacial score (nSPS) is 26.7. The minimum absolute atomic E-state index is 0.0732. The number of hydrogen-bond acceptors (Lipinski definition) is 3. The second-order valence-corrected chi connectivity index (χ2v) is 8.18. The van der Waals surface area contributed by atoms with E-state index in [-0.39, 0.29) is 18.1 Å². The standard InChI is InChI=1S/C23H25NO3/c1-15(25)23-12-10-16(11-13-23)24(23)22(26)27-14-21-19-8-4-2-6-17(19)18-7-3-5-9-20(18)21/h2-9,15-16,21,25H,10-14H2,1H3. The number of nitrogens with zero attached hydrogens (tertiary/aromatic N) is 1. The highest BCUT2D eigenvalue weighted by Gasteiger charge is 2.57. The number of aliphatic hydroxyl groups is 1. The number of ether oxygens (including phenoxy) is 1. The van der Waals surface area contributed by atoms with Gasteiger partial charge in [-0.2, -0.15) is 0 Å². The molecule has 3 aliphatic rings. The Morgan fingerprint density at radius 1 is 1.11 bits per heavy atom. The highest BCUT2D eigenvalue weighted by molar-refractivity contribution is 5.79. The molecule has 1 aliphatic carbocycles. The fraction of sp³-hybridized carbons (Fsp3) is 0.435. The number of amides is 1. The van der Waals surface area contributed by atoms with Gasteiger partial charge in [0.05, 0.1) is 11.6 Å². The van der Waals surface area contributed by atoms with E-state index >= 15 is 0 Å². The fourth-order valence-corrected chi connectivity index (χ4v) is 5.58. The van der Waals surface area contributed by atoms with Crippen molar-refractivity contribution in [1.82, 2.24) is 4.90 Å². The van der Waals surface area contributed by atoms with Crippen molar-refractivity contribution in [3.05, 3.63) is 59.7 Å². The van der Waals surface area contributed by atoms with E-state index < -0.39 is 11.6 Å².